The zero-order valence-electron chi connectivity index (χ0n) is 14.4. The molecular weight excluding hydrogens is 359 g/mol. The van der Waals surface area contributed by atoms with Crippen molar-refractivity contribution in [2.75, 3.05) is 39.0 Å². The Morgan fingerprint density at radius 3 is 2.36 bits per heavy atom. The fourth-order valence-electron chi connectivity index (χ4n) is 3.54. The highest BCUT2D eigenvalue weighted by molar-refractivity contribution is 7.88. The van der Waals surface area contributed by atoms with E-state index in [1.54, 1.807) is 4.90 Å². The first kappa shape index (κ1) is 20.4. The summed E-state index contributed by atoms with van der Waals surface area (Å²) in [5.74, 6) is 0.515. The quantitative estimate of drug-likeness (QED) is 0.746. The average molecular weight is 385 g/mol. The maximum Gasteiger partial charge on any atom is 0.402 e. The number of carbonyl (C=O) groups excluding carboxylic acids is 1. The highest BCUT2D eigenvalue weighted by Crippen LogP contribution is 2.25. The van der Waals surface area contributed by atoms with Gasteiger partial charge in [0.05, 0.1) is 6.26 Å². The van der Waals surface area contributed by atoms with Crippen LogP contribution in [0, 0.1) is 5.92 Å². The molecule has 0 bridgehead atoms. The predicted molar refractivity (Wildman–Crippen MR) is 87.4 cm³/mol. The number of nitrogens with one attached hydrogen (secondary N) is 1. The van der Waals surface area contributed by atoms with Crippen molar-refractivity contribution in [2.45, 2.75) is 44.3 Å². The third-order valence-corrected chi connectivity index (χ3v) is 6.19. The van der Waals surface area contributed by atoms with Crippen LogP contribution in [0.1, 0.15) is 32.1 Å². The molecule has 10 heteroatoms. The van der Waals surface area contributed by atoms with E-state index < -0.39 is 28.8 Å². The van der Waals surface area contributed by atoms with Gasteiger partial charge in [0.2, 0.25) is 15.9 Å². The Kier molecular flexibility index (Phi) is 6.72. The molecule has 0 aliphatic carbocycles. The Morgan fingerprint density at radius 1 is 1.24 bits per heavy atom. The van der Waals surface area contributed by atoms with E-state index in [1.165, 1.54) is 0 Å². The smallest absolute Gasteiger partial charge is 0.343 e. The summed E-state index contributed by atoms with van der Waals surface area (Å²) in [5.41, 5.74) is 0. The number of hydrogen-bond donors (Lipinski definition) is 1. The summed E-state index contributed by atoms with van der Waals surface area (Å²) in [5, 5.41) is 3.25. The van der Waals surface area contributed by atoms with Crippen LogP contribution in [0.15, 0.2) is 0 Å². The van der Waals surface area contributed by atoms with E-state index in [4.69, 9.17) is 0 Å². The third kappa shape index (κ3) is 6.41. The molecule has 2 fully saturated rings. The Hall–Kier alpha value is -0.870. The van der Waals surface area contributed by atoms with Gasteiger partial charge in [0.1, 0.15) is 6.54 Å². The monoisotopic (exact) mass is 385 g/mol. The molecule has 2 saturated heterocycles. The second kappa shape index (κ2) is 8.22. The number of sulfonamides is 1. The lowest BCUT2D eigenvalue weighted by molar-refractivity contribution is -0.143. The van der Waals surface area contributed by atoms with Crippen molar-refractivity contribution in [1.82, 2.24) is 14.5 Å². The standard InChI is InChI=1S/C15H26F3N3O3S/c1-25(23,24)21(11-15(16,17)18)13-5-8-20(9-6-13)14(22)3-2-12-4-7-19-10-12/h12-13,19H,2-11H2,1H3. The second-order valence-electron chi connectivity index (χ2n) is 6.93. The van der Waals surface area contributed by atoms with Gasteiger partial charge in [-0.1, -0.05) is 0 Å². The number of likely N-dealkylation sites (tertiary alicyclic amines) is 1. The second-order valence-corrected chi connectivity index (χ2v) is 8.87. The first-order valence-electron chi connectivity index (χ1n) is 8.58. The first-order valence-corrected chi connectivity index (χ1v) is 10.4. The molecule has 0 aromatic heterocycles. The fourth-order valence-corrected chi connectivity index (χ4v) is 4.68. The highest BCUT2D eigenvalue weighted by atomic mass is 32.2. The van der Waals surface area contributed by atoms with Crippen molar-refractivity contribution >= 4 is 15.9 Å². The van der Waals surface area contributed by atoms with Gasteiger partial charge in [0.25, 0.3) is 0 Å². The lowest BCUT2D eigenvalue weighted by atomic mass is 10.0. The van der Waals surface area contributed by atoms with Crippen LogP contribution in [0.4, 0.5) is 13.2 Å². The molecule has 2 aliphatic rings. The van der Waals surface area contributed by atoms with Crippen LogP contribution in [0.2, 0.25) is 0 Å². The fraction of sp³-hybridized carbons (Fsp3) is 0.933. The van der Waals surface area contributed by atoms with Gasteiger partial charge in [0, 0.05) is 25.6 Å². The highest BCUT2D eigenvalue weighted by Gasteiger charge is 2.39. The summed E-state index contributed by atoms with van der Waals surface area (Å²) in [4.78, 5) is 13.9. The van der Waals surface area contributed by atoms with Crippen molar-refractivity contribution in [1.29, 1.82) is 0 Å². The Morgan fingerprint density at radius 2 is 1.88 bits per heavy atom. The molecular formula is C15H26F3N3O3S. The molecule has 2 heterocycles. The van der Waals surface area contributed by atoms with Gasteiger partial charge in [-0.05, 0) is 44.7 Å². The SMILES string of the molecule is CS(=O)(=O)N(CC(F)(F)F)C1CCN(C(=O)CCC2CCNC2)CC1. The number of carbonyl (C=O) groups is 1. The van der Waals surface area contributed by atoms with E-state index in [0.29, 0.717) is 29.7 Å². The number of piperidine rings is 1. The van der Waals surface area contributed by atoms with E-state index in [1.807, 2.05) is 0 Å². The molecule has 1 amide bonds. The lowest BCUT2D eigenvalue weighted by Crippen LogP contribution is -2.51. The summed E-state index contributed by atoms with van der Waals surface area (Å²) in [6.45, 7) is 1.03. The predicted octanol–water partition coefficient (Wildman–Crippen LogP) is 1.19. The van der Waals surface area contributed by atoms with Gasteiger partial charge in [-0.25, -0.2) is 8.42 Å². The van der Waals surface area contributed by atoms with Crippen LogP contribution in [-0.4, -0.2) is 74.7 Å². The Bertz CT molecular complexity index is 554. The molecule has 0 aromatic rings. The molecule has 6 nitrogen and oxygen atoms in total. The average Bonchev–Trinajstić information content (AvgIpc) is 3.02. The zero-order chi connectivity index (χ0) is 18.7. The zero-order valence-corrected chi connectivity index (χ0v) is 15.2. The number of nitrogens with zero attached hydrogens (tertiary/aromatic N) is 2. The molecule has 2 aliphatic heterocycles. The topological polar surface area (TPSA) is 69.7 Å². The summed E-state index contributed by atoms with van der Waals surface area (Å²) in [7, 11) is -3.95. The van der Waals surface area contributed by atoms with E-state index in [9.17, 15) is 26.4 Å². The normalized spacial score (nSPS) is 23.4. The van der Waals surface area contributed by atoms with Gasteiger partial charge in [-0.2, -0.15) is 17.5 Å². The van der Waals surface area contributed by atoms with Crippen molar-refractivity contribution < 1.29 is 26.4 Å². The van der Waals surface area contributed by atoms with E-state index >= 15 is 0 Å². The van der Waals surface area contributed by atoms with Crippen LogP contribution in [0.3, 0.4) is 0 Å². The molecule has 0 saturated carbocycles. The molecule has 146 valence electrons. The summed E-state index contributed by atoms with van der Waals surface area (Å²) >= 11 is 0. The largest absolute Gasteiger partial charge is 0.402 e. The Balaban J connectivity index is 1.85. The minimum Gasteiger partial charge on any atom is -0.343 e. The molecule has 1 unspecified atom stereocenters. The third-order valence-electron chi connectivity index (χ3n) is 4.91. The number of alkyl halides is 3. The summed E-state index contributed by atoms with van der Waals surface area (Å²) < 4.78 is 62.0. The minimum atomic E-state index is -4.58. The molecule has 25 heavy (non-hydrogen) atoms. The van der Waals surface area contributed by atoms with Crippen LogP contribution in [0.5, 0.6) is 0 Å². The van der Waals surface area contributed by atoms with Gasteiger partial charge in [-0.15, -0.1) is 0 Å². The minimum absolute atomic E-state index is 0.00655. The number of amides is 1. The molecule has 1 N–H and O–H groups in total. The van der Waals surface area contributed by atoms with Crippen LogP contribution < -0.4 is 5.32 Å². The van der Waals surface area contributed by atoms with Gasteiger partial charge >= 0.3 is 6.18 Å². The Labute approximate surface area is 146 Å². The van der Waals surface area contributed by atoms with Crippen LogP contribution in [-0.2, 0) is 14.8 Å². The van der Waals surface area contributed by atoms with Crippen LogP contribution >= 0.6 is 0 Å². The number of hydrogen-bond acceptors (Lipinski definition) is 4. The first-order chi connectivity index (χ1) is 11.6. The van der Waals surface area contributed by atoms with E-state index in [2.05, 4.69) is 5.32 Å². The molecule has 2 rings (SSSR count). The number of halogens is 3. The molecule has 0 aromatic carbocycles. The maximum absolute atomic E-state index is 12.7. The molecule has 0 spiro atoms. The van der Waals surface area contributed by atoms with Gasteiger partial charge < -0.3 is 10.2 Å². The van der Waals surface area contributed by atoms with E-state index in [0.717, 1.165) is 32.2 Å². The van der Waals surface area contributed by atoms with Crippen molar-refractivity contribution in [3.05, 3.63) is 0 Å². The van der Waals surface area contributed by atoms with Crippen molar-refractivity contribution in [3.63, 3.8) is 0 Å². The van der Waals surface area contributed by atoms with Crippen molar-refractivity contribution in [2.24, 2.45) is 5.92 Å². The molecule has 0 radical (unpaired) electrons. The number of rotatable bonds is 6. The lowest BCUT2D eigenvalue weighted by Gasteiger charge is -2.37. The summed E-state index contributed by atoms with van der Waals surface area (Å²) in [6, 6.07) is -0.709. The van der Waals surface area contributed by atoms with Crippen molar-refractivity contribution in [3.8, 4) is 0 Å². The maximum atomic E-state index is 12.7. The summed E-state index contributed by atoms with van der Waals surface area (Å²) in [6.07, 6.45) is -0.988. The van der Waals surface area contributed by atoms with Gasteiger partial charge in [-0.3, -0.25) is 4.79 Å². The van der Waals surface area contributed by atoms with Crippen LogP contribution in [0.25, 0.3) is 0 Å². The van der Waals surface area contributed by atoms with Gasteiger partial charge in [0.15, 0.2) is 0 Å². The van der Waals surface area contributed by atoms with E-state index in [-0.39, 0.29) is 18.7 Å². The molecule has 1 atom stereocenters.